The third-order valence-corrected chi connectivity index (χ3v) is 6.43. The first kappa shape index (κ1) is 17.9. The van der Waals surface area contributed by atoms with Crippen molar-refractivity contribution in [3.05, 3.63) is 59.4 Å². The van der Waals surface area contributed by atoms with Gasteiger partial charge < -0.3 is 15.2 Å². The van der Waals surface area contributed by atoms with Gasteiger partial charge >= 0.3 is 0 Å². The molecule has 3 aromatic rings. The number of H-pyrrole nitrogens is 1. The summed E-state index contributed by atoms with van der Waals surface area (Å²) in [4.78, 5) is 35.0. The zero-order chi connectivity index (χ0) is 20.0. The lowest BCUT2D eigenvalue weighted by Crippen LogP contribution is -2.29. The smallest absolute Gasteiger partial charge is 0.255 e. The Balaban J connectivity index is 1.35. The molecule has 148 valence electrons. The van der Waals surface area contributed by atoms with Crippen molar-refractivity contribution in [1.29, 1.82) is 0 Å². The molecule has 2 aromatic carbocycles. The summed E-state index contributed by atoms with van der Waals surface area (Å²) in [7, 11) is 0. The van der Waals surface area contributed by atoms with E-state index in [0.29, 0.717) is 28.7 Å². The number of aromatic nitrogens is 2. The molecule has 1 saturated heterocycles. The maximum Gasteiger partial charge on any atom is 0.255 e. The van der Waals surface area contributed by atoms with Crippen LogP contribution in [-0.2, 0) is 0 Å². The van der Waals surface area contributed by atoms with Gasteiger partial charge in [0.2, 0.25) is 0 Å². The van der Waals surface area contributed by atoms with Crippen LogP contribution in [0.2, 0.25) is 0 Å². The third-order valence-electron chi connectivity index (χ3n) is 6.43. The standard InChI is InChI=1S/C23H24N4O2/c1-14-5-6-16(23(29)27-11-17-3-2-4-18(17)12-27)10-20(14)26-22(28)15-7-8-19-21(9-15)25-13-24-19/h5-10,13,17-18H,2-4,11-12H2,1H3,(H,24,25)(H,26,28)/t17-,18+. The average Bonchev–Trinajstić information content (AvgIpc) is 3.44. The Morgan fingerprint density at radius 1 is 1.07 bits per heavy atom. The van der Waals surface area contributed by atoms with Gasteiger partial charge in [0.05, 0.1) is 17.4 Å². The molecule has 1 aliphatic heterocycles. The number of fused-ring (bicyclic) bond motifs is 2. The van der Waals surface area contributed by atoms with Crippen molar-refractivity contribution in [2.45, 2.75) is 26.2 Å². The molecule has 2 fully saturated rings. The van der Waals surface area contributed by atoms with Gasteiger partial charge in [0, 0.05) is 29.9 Å². The van der Waals surface area contributed by atoms with E-state index in [1.54, 1.807) is 24.5 Å². The predicted octanol–water partition coefficient (Wildman–Crippen LogP) is 4.00. The van der Waals surface area contributed by atoms with Crippen molar-refractivity contribution in [1.82, 2.24) is 14.9 Å². The van der Waals surface area contributed by atoms with Crippen LogP contribution >= 0.6 is 0 Å². The van der Waals surface area contributed by atoms with Gasteiger partial charge in [-0.2, -0.15) is 0 Å². The summed E-state index contributed by atoms with van der Waals surface area (Å²) in [5.74, 6) is 1.20. The van der Waals surface area contributed by atoms with E-state index in [1.807, 2.05) is 30.0 Å². The highest BCUT2D eigenvalue weighted by atomic mass is 16.2. The summed E-state index contributed by atoms with van der Waals surface area (Å²) in [6.07, 6.45) is 5.38. The number of aryl methyl sites for hydroxylation is 1. The molecule has 1 aliphatic carbocycles. The number of carbonyl (C=O) groups excluding carboxylic acids is 2. The molecule has 0 radical (unpaired) electrons. The second-order valence-corrected chi connectivity index (χ2v) is 8.28. The molecule has 0 unspecified atom stereocenters. The lowest BCUT2D eigenvalue weighted by Gasteiger charge is -2.18. The quantitative estimate of drug-likeness (QED) is 0.712. The molecule has 2 aliphatic rings. The predicted molar refractivity (Wildman–Crippen MR) is 112 cm³/mol. The van der Waals surface area contributed by atoms with E-state index in [2.05, 4.69) is 15.3 Å². The highest BCUT2D eigenvalue weighted by Gasteiger charge is 2.38. The number of carbonyl (C=O) groups is 2. The monoisotopic (exact) mass is 388 g/mol. The molecule has 2 atom stereocenters. The summed E-state index contributed by atoms with van der Waals surface area (Å²) < 4.78 is 0. The summed E-state index contributed by atoms with van der Waals surface area (Å²) in [5, 5.41) is 2.97. The first-order valence-corrected chi connectivity index (χ1v) is 10.2. The van der Waals surface area contributed by atoms with Crippen molar-refractivity contribution in [2.75, 3.05) is 18.4 Å². The van der Waals surface area contributed by atoms with E-state index in [9.17, 15) is 9.59 Å². The molecular formula is C23H24N4O2. The molecule has 6 heteroatoms. The van der Waals surface area contributed by atoms with Crippen LogP contribution in [0.4, 0.5) is 5.69 Å². The van der Waals surface area contributed by atoms with E-state index >= 15 is 0 Å². The highest BCUT2D eigenvalue weighted by molar-refractivity contribution is 6.07. The van der Waals surface area contributed by atoms with E-state index in [0.717, 1.165) is 29.7 Å². The normalized spacial score (nSPS) is 20.8. The Bertz CT molecular complexity index is 1090. The van der Waals surface area contributed by atoms with Gasteiger partial charge in [-0.15, -0.1) is 0 Å². The summed E-state index contributed by atoms with van der Waals surface area (Å²) in [6.45, 7) is 3.66. The molecule has 2 amide bonds. The topological polar surface area (TPSA) is 78.1 Å². The van der Waals surface area contributed by atoms with Gasteiger partial charge in [0.15, 0.2) is 0 Å². The number of benzene rings is 2. The van der Waals surface area contributed by atoms with E-state index in [1.165, 1.54) is 19.3 Å². The van der Waals surface area contributed by atoms with Gasteiger partial charge in [-0.1, -0.05) is 12.5 Å². The maximum atomic E-state index is 13.0. The summed E-state index contributed by atoms with van der Waals surface area (Å²) in [5.41, 5.74) is 4.42. The van der Waals surface area contributed by atoms with Crippen LogP contribution in [0, 0.1) is 18.8 Å². The second-order valence-electron chi connectivity index (χ2n) is 8.28. The minimum atomic E-state index is -0.204. The molecule has 2 N–H and O–H groups in total. The second kappa shape index (κ2) is 7.03. The number of aromatic amines is 1. The number of nitrogens with one attached hydrogen (secondary N) is 2. The number of hydrogen-bond acceptors (Lipinski definition) is 3. The van der Waals surface area contributed by atoms with E-state index in [-0.39, 0.29) is 11.8 Å². The molecular weight excluding hydrogens is 364 g/mol. The summed E-state index contributed by atoms with van der Waals surface area (Å²) >= 11 is 0. The molecule has 29 heavy (non-hydrogen) atoms. The fourth-order valence-electron chi connectivity index (χ4n) is 4.74. The van der Waals surface area contributed by atoms with Crippen LogP contribution in [0.5, 0.6) is 0 Å². The highest BCUT2D eigenvalue weighted by Crippen LogP contribution is 2.38. The number of likely N-dealkylation sites (tertiary alicyclic amines) is 1. The molecule has 0 bridgehead atoms. The van der Waals surface area contributed by atoms with Crippen LogP contribution in [-0.4, -0.2) is 39.8 Å². The first-order chi connectivity index (χ1) is 14.1. The Morgan fingerprint density at radius 3 is 2.62 bits per heavy atom. The Hall–Kier alpha value is -3.15. The molecule has 5 rings (SSSR count). The van der Waals surface area contributed by atoms with E-state index in [4.69, 9.17) is 0 Å². The number of rotatable bonds is 3. The van der Waals surface area contributed by atoms with Crippen LogP contribution in [0.15, 0.2) is 42.7 Å². The summed E-state index contributed by atoms with van der Waals surface area (Å²) in [6, 6.07) is 10.9. The number of imidazole rings is 1. The zero-order valence-electron chi connectivity index (χ0n) is 16.4. The fraction of sp³-hybridized carbons (Fsp3) is 0.348. The van der Waals surface area contributed by atoms with Crippen LogP contribution < -0.4 is 5.32 Å². The SMILES string of the molecule is Cc1ccc(C(=O)N2C[C@H]3CCC[C@H]3C2)cc1NC(=O)c1ccc2nc[nH]c2c1. The fourth-order valence-corrected chi connectivity index (χ4v) is 4.74. The Morgan fingerprint density at radius 2 is 1.83 bits per heavy atom. The lowest BCUT2D eigenvalue weighted by atomic mass is 10.0. The molecule has 1 saturated carbocycles. The van der Waals surface area contributed by atoms with E-state index < -0.39 is 0 Å². The zero-order valence-corrected chi connectivity index (χ0v) is 16.4. The van der Waals surface area contributed by atoms with Gasteiger partial charge in [0.1, 0.15) is 0 Å². The lowest BCUT2D eigenvalue weighted by molar-refractivity contribution is 0.0780. The Labute approximate surface area is 169 Å². The van der Waals surface area contributed by atoms with Crippen LogP contribution in [0.3, 0.4) is 0 Å². The minimum absolute atomic E-state index is 0.0637. The number of hydrogen-bond donors (Lipinski definition) is 2. The molecule has 1 aromatic heterocycles. The average molecular weight is 388 g/mol. The third kappa shape index (κ3) is 3.28. The van der Waals surface area contributed by atoms with Gasteiger partial charge in [-0.3, -0.25) is 9.59 Å². The van der Waals surface area contributed by atoms with Crippen molar-refractivity contribution in [3.63, 3.8) is 0 Å². The number of amides is 2. The number of anilines is 1. The van der Waals surface area contributed by atoms with Crippen LogP contribution in [0.1, 0.15) is 45.5 Å². The molecule has 2 heterocycles. The first-order valence-electron chi connectivity index (χ1n) is 10.2. The Kier molecular flexibility index (Phi) is 4.34. The van der Waals surface area contributed by atoms with Crippen molar-refractivity contribution in [3.8, 4) is 0 Å². The minimum Gasteiger partial charge on any atom is -0.345 e. The van der Waals surface area contributed by atoms with Crippen LogP contribution in [0.25, 0.3) is 11.0 Å². The maximum absolute atomic E-state index is 13.0. The molecule has 6 nitrogen and oxygen atoms in total. The largest absolute Gasteiger partial charge is 0.345 e. The molecule has 0 spiro atoms. The van der Waals surface area contributed by atoms with Crippen molar-refractivity contribution < 1.29 is 9.59 Å². The van der Waals surface area contributed by atoms with Gasteiger partial charge in [0.25, 0.3) is 11.8 Å². The number of nitrogens with zero attached hydrogens (tertiary/aromatic N) is 2. The van der Waals surface area contributed by atoms with Gasteiger partial charge in [-0.05, 0) is 67.5 Å². The van der Waals surface area contributed by atoms with Gasteiger partial charge in [-0.25, -0.2) is 4.98 Å². The van der Waals surface area contributed by atoms with Crippen molar-refractivity contribution in [2.24, 2.45) is 11.8 Å². The van der Waals surface area contributed by atoms with Crippen molar-refractivity contribution >= 4 is 28.5 Å².